The second kappa shape index (κ2) is 6.74. The monoisotopic (exact) mass is 322 g/mol. The Morgan fingerprint density at radius 3 is 2.90 bits per heavy atom. The summed E-state index contributed by atoms with van der Waals surface area (Å²) in [5, 5.41) is 14.3. The molecule has 0 saturated carbocycles. The molecule has 2 aromatic rings. The molecule has 2 aromatic heterocycles. The van der Waals surface area contributed by atoms with Gasteiger partial charge in [0, 0.05) is 10.9 Å². The molecular weight excluding hydrogens is 312 g/mol. The van der Waals surface area contributed by atoms with Crippen molar-refractivity contribution < 1.29 is 4.79 Å². The number of nitriles is 1. The molecule has 0 fully saturated rings. The van der Waals surface area contributed by atoms with Crippen LogP contribution in [0.1, 0.15) is 5.56 Å². The molecule has 0 radical (unpaired) electrons. The summed E-state index contributed by atoms with van der Waals surface area (Å²) in [6, 6.07) is 4.03. The van der Waals surface area contributed by atoms with Gasteiger partial charge >= 0.3 is 0 Å². The Balaban J connectivity index is 2.53. The van der Waals surface area contributed by atoms with Crippen molar-refractivity contribution in [1.82, 2.24) is 9.97 Å². The molecule has 0 bridgehead atoms. The number of thioether (sulfide) groups is 2. The van der Waals surface area contributed by atoms with Gasteiger partial charge in [0.25, 0.3) is 0 Å². The quantitative estimate of drug-likeness (QED) is 0.516. The topological polar surface area (TPSA) is 92.7 Å². The van der Waals surface area contributed by atoms with Crippen molar-refractivity contribution in [2.75, 3.05) is 12.0 Å². The lowest BCUT2D eigenvalue weighted by Crippen LogP contribution is -2.13. The molecule has 0 aliphatic carbocycles. The van der Waals surface area contributed by atoms with Gasteiger partial charge in [-0.25, -0.2) is 9.97 Å². The molecular formula is C12H10N4OS3. The van der Waals surface area contributed by atoms with E-state index in [9.17, 15) is 10.1 Å². The lowest BCUT2D eigenvalue weighted by atomic mass is 10.1. The van der Waals surface area contributed by atoms with E-state index in [4.69, 9.17) is 5.73 Å². The molecule has 0 aromatic carbocycles. The average molecular weight is 322 g/mol. The molecule has 102 valence electrons. The number of carbonyl (C=O) groups excluding carboxylic acids is 1. The number of primary amides is 1. The number of amides is 1. The summed E-state index contributed by atoms with van der Waals surface area (Å²) in [6.45, 7) is 0. The minimum absolute atomic E-state index is 0.0859. The second-order valence-electron chi connectivity index (χ2n) is 3.62. The summed E-state index contributed by atoms with van der Waals surface area (Å²) < 4.78 is 0. The van der Waals surface area contributed by atoms with Crippen LogP contribution in [0.4, 0.5) is 0 Å². The first-order valence-electron chi connectivity index (χ1n) is 5.45. The van der Waals surface area contributed by atoms with E-state index >= 15 is 0 Å². The van der Waals surface area contributed by atoms with Crippen LogP contribution in [0.25, 0.3) is 11.3 Å². The summed E-state index contributed by atoms with van der Waals surface area (Å²) in [5.74, 6) is -0.358. The zero-order valence-electron chi connectivity index (χ0n) is 10.5. The molecule has 0 unspecified atom stereocenters. The summed E-state index contributed by atoms with van der Waals surface area (Å²) >= 11 is 4.09. The van der Waals surface area contributed by atoms with E-state index in [0.717, 1.165) is 17.3 Å². The van der Waals surface area contributed by atoms with E-state index in [-0.39, 0.29) is 5.75 Å². The predicted octanol–water partition coefficient (Wildman–Crippen LogP) is 2.38. The molecule has 0 saturated heterocycles. The fraction of sp³-hybridized carbons (Fsp3) is 0.167. The highest BCUT2D eigenvalue weighted by Gasteiger charge is 2.17. The minimum Gasteiger partial charge on any atom is -0.369 e. The van der Waals surface area contributed by atoms with E-state index in [1.54, 1.807) is 0 Å². The van der Waals surface area contributed by atoms with E-state index in [1.807, 2.05) is 23.1 Å². The van der Waals surface area contributed by atoms with Crippen LogP contribution in [0.3, 0.4) is 0 Å². The molecule has 2 rings (SSSR count). The number of rotatable bonds is 5. The third kappa shape index (κ3) is 3.30. The van der Waals surface area contributed by atoms with Crippen LogP contribution in [0.5, 0.6) is 0 Å². The maximum Gasteiger partial charge on any atom is 0.227 e. The fourth-order valence-electron chi connectivity index (χ4n) is 1.46. The van der Waals surface area contributed by atoms with Crippen molar-refractivity contribution in [2.45, 2.75) is 10.2 Å². The molecule has 2 heterocycles. The Hall–Kier alpha value is -1.56. The lowest BCUT2D eigenvalue weighted by Gasteiger charge is -2.08. The van der Waals surface area contributed by atoms with E-state index in [1.165, 1.54) is 23.1 Å². The highest BCUT2D eigenvalue weighted by Crippen LogP contribution is 2.31. The van der Waals surface area contributed by atoms with Crippen molar-refractivity contribution in [2.24, 2.45) is 5.73 Å². The number of thiophene rings is 1. The van der Waals surface area contributed by atoms with E-state index in [2.05, 4.69) is 16.0 Å². The molecule has 20 heavy (non-hydrogen) atoms. The van der Waals surface area contributed by atoms with Gasteiger partial charge in [0.05, 0.1) is 11.4 Å². The molecule has 5 nitrogen and oxygen atoms in total. The van der Waals surface area contributed by atoms with Crippen molar-refractivity contribution in [1.29, 1.82) is 5.26 Å². The molecule has 0 spiro atoms. The Bertz CT molecular complexity index is 664. The lowest BCUT2D eigenvalue weighted by molar-refractivity contribution is -0.115. The Morgan fingerprint density at radius 1 is 1.55 bits per heavy atom. The maximum absolute atomic E-state index is 10.9. The van der Waals surface area contributed by atoms with Gasteiger partial charge in [-0.05, 0) is 17.7 Å². The number of hydrogen-bond donors (Lipinski definition) is 1. The maximum atomic E-state index is 10.9. The standard InChI is InChI=1S/C12H10N4OS3/c1-18-12-15-10(7-2-3-19-5-7)8(4-13)11(16-12)20-6-9(14)17/h2-3,5H,6H2,1H3,(H2,14,17). The van der Waals surface area contributed by atoms with Crippen LogP contribution < -0.4 is 5.73 Å². The Labute approximate surface area is 128 Å². The summed E-state index contributed by atoms with van der Waals surface area (Å²) in [4.78, 5) is 19.6. The Morgan fingerprint density at radius 2 is 2.35 bits per heavy atom. The molecule has 2 N–H and O–H groups in total. The van der Waals surface area contributed by atoms with E-state index < -0.39 is 5.91 Å². The fourth-order valence-corrected chi connectivity index (χ4v) is 3.24. The van der Waals surface area contributed by atoms with Crippen LogP contribution in [-0.2, 0) is 4.79 Å². The number of aromatic nitrogens is 2. The zero-order chi connectivity index (χ0) is 14.5. The first-order valence-corrected chi connectivity index (χ1v) is 8.60. The number of carbonyl (C=O) groups is 1. The van der Waals surface area contributed by atoms with Gasteiger partial charge in [-0.2, -0.15) is 16.6 Å². The SMILES string of the molecule is CSc1nc(SCC(N)=O)c(C#N)c(-c2ccsc2)n1. The van der Waals surface area contributed by atoms with Crippen LogP contribution >= 0.6 is 34.9 Å². The van der Waals surface area contributed by atoms with Gasteiger partial charge in [-0.1, -0.05) is 23.5 Å². The van der Waals surface area contributed by atoms with Gasteiger partial charge < -0.3 is 5.73 Å². The minimum atomic E-state index is -0.444. The first-order chi connectivity index (χ1) is 9.65. The molecule has 1 amide bonds. The summed E-state index contributed by atoms with van der Waals surface area (Å²) in [5.41, 5.74) is 7.00. The molecule has 8 heteroatoms. The van der Waals surface area contributed by atoms with Gasteiger partial charge in [0.1, 0.15) is 16.7 Å². The molecule has 0 aliphatic heterocycles. The molecule has 0 aliphatic rings. The van der Waals surface area contributed by atoms with Crippen molar-refractivity contribution in [3.63, 3.8) is 0 Å². The zero-order valence-corrected chi connectivity index (χ0v) is 12.9. The van der Waals surface area contributed by atoms with Crippen LogP contribution in [0.15, 0.2) is 27.0 Å². The number of nitrogens with two attached hydrogens (primary N) is 1. The third-order valence-electron chi connectivity index (χ3n) is 2.30. The van der Waals surface area contributed by atoms with Crippen LogP contribution in [0, 0.1) is 11.3 Å². The second-order valence-corrected chi connectivity index (χ2v) is 6.14. The van der Waals surface area contributed by atoms with E-state index in [0.29, 0.717) is 21.4 Å². The van der Waals surface area contributed by atoms with Gasteiger partial charge in [0.15, 0.2) is 5.16 Å². The van der Waals surface area contributed by atoms with Crippen molar-refractivity contribution in [3.05, 3.63) is 22.4 Å². The van der Waals surface area contributed by atoms with Gasteiger partial charge in [-0.15, -0.1) is 0 Å². The third-order valence-corrected chi connectivity index (χ3v) is 4.52. The highest BCUT2D eigenvalue weighted by atomic mass is 32.2. The average Bonchev–Trinajstić information content (AvgIpc) is 2.97. The number of hydrogen-bond acceptors (Lipinski definition) is 7. The summed E-state index contributed by atoms with van der Waals surface area (Å²) in [7, 11) is 0. The van der Waals surface area contributed by atoms with Crippen LogP contribution in [-0.4, -0.2) is 27.9 Å². The first kappa shape index (κ1) is 14.8. The normalized spacial score (nSPS) is 10.2. The summed E-state index contributed by atoms with van der Waals surface area (Å²) in [6.07, 6.45) is 1.86. The highest BCUT2D eigenvalue weighted by molar-refractivity contribution is 8.00. The Kier molecular flexibility index (Phi) is 5.00. The van der Waals surface area contributed by atoms with Crippen LogP contribution in [0.2, 0.25) is 0 Å². The largest absolute Gasteiger partial charge is 0.369 e. The van der Waals surface area contributed by atoms with Crippen molar-refractivity contribution in [3.8, 4) is 17.3 Å². The van der Waals surface area contributed by atoms with Gasteiger partial charge in [0.2, 0.25) is 5.91 Å². The smallest absolute Gasteiger partial charge is 0.227 e. The predicted molar refractivity (Wildman–Crippen MR) is 81.8 cm³/mol. The molecule has 0 atom stereocenters. The van der Waals surface area contributed by atoms with Gasteiger partial charge in [-0.3, -0.25) is 4.79 Å². The van der Waals surface area contributed by atoms with Crippen molar-refractivity contribution >= 4 is 40.8 Å². The number of nitrogens with zero attached hydrogens (tertiary/aromatic N) is 3.